The summed E-state index contributed by atoms with van der Waals surface area (Å²) in [5, 5.41) is 8.33. The number of rotatable bonds is 6. The Labute approximate surface area is 174 Å². The number of ether oxygens (including phenoxy) is 2. The molecule has 1 N–H and O–H groups in total. The van der Waals surface area contributed by atoms with Gasteiger partial charge in [0.1, 0.15) is 11.5 Å². The van der Waals surface area contributed by atoms with Crippen molar-refractivity contribution in [3.8, 4) is 11.5 Å². The van der Waals surface area contributed by atoms with Gasteiger partial charge in [-0.1, -0.05) is 54.6 Å². The molecule has 0 aromatic heterocycles. The minimum Gasteiger partial charge on any atom is -0.497 e. The molecule has 1 amide bonds. The van der Waals surface area contributed by atoms with Gasteiger partial charge in [-0.15, -0.1) is 0 Å². The molecule has 5 nitrogen and oxygen atoms in total. The average molecular weight is 398 g/mol. The van der Waals surface area contributed by atoms with Crippen molar-refractivity contribution in [2.75, 3.05) is 14.2 Å². The third kappa shape index (κ3) is 3.96. The average Bonchev–Trinajstić information content (AvgIpc) is 2.79. The van der Waals surface area contributed by atoms with Crippen LogP contribution in [0, 0.1) is 0 Å². The predicted octanol–water partition coefficient (Wildman–Crippen LogP) is 4.70. The molecule has 0 saturated carbocycles. The summed E-state index contributed by atoms with van der Waals surface area (Å²) in [7, 11) is 3.24. The normalized spacial score (nSPS) is 11.1. The highest BCUT2D eigenvalue weighted by atomic mass is 16.5. The standard InChI is InChI=1S/C25H22N2O3/c1-29-20-12-10-18-11-13-24(30-2)23(22(18)15-20)16-26-27-25(28)14-19-8-5-7-17-6-3-4-9-21(17)19/h3-13,15-16H,14H2,1-2H3,(H,27,28)/b26-16-. The Morgan fingerprint density at radius 1 is 0.900 bits per heavy atom. The fraction of sp³-hybridized carbons (Fsp3) is 0.120. The predicted molar refractivity (Wildman–Crippen MR) is 120 cm³/mol. The zero-order valence-electron chi connectivity index (χ0n) is 16.9. The molecule has 150 valence electrons. The molecule has 0 fully saturated rings. The van der Waals surface area contributed by atoms with Gasteiger partial charge in [-0.05, 0) is 45.3 Å². The van der Waals surface area contributed by atoms with Crippen LogP contribution in [0.5, 0.6) is 11.5 Å². The second-order valence-corrected chi connectivity index (χ2v) is 6.88. The zero-order valence-corrected chi connectivity index (χ0v) is 16.9. The zero-order chi connectivity index (χ0) is 20.9. The number of carbonyl (C=O) groups is 1. The molecule has 4 aromatic carbocycles. The smallest absolute Gasteiger partial charge is 0.244 e. The lowest BCUT2D eigenvalue weighted by Gasteiger charge is -2.10. The van der Waals surface area contributed by atoms with Gasteiger partial charge in [-0.3, -0.25) is 4.79 Å². The van der Waals surface area contributed by atoms with Gasteiger partial charge < -0.3 is 9.47 Å². The van der Waals surface area contributed by atoms with Crippen molar-refractivity contribution >= 4 is 33.7 Å². The van der Waals surface area contributed by atoms with E-state index in [1.807, 2.05) is 72.8 Å². The van der Waals surface area contributed by atoms with Gasteiger partial charge in [-0.2, -0.15) is 5.10 Å². The Balaban J connectivity index is 1.56. The summed E-state index contributed by atoms with van der Waals surface area (Å²) in [6, 6.07) is 23.7. The van der Waals surface area contributed by atoms with E-state index < -0.39 is 0 Å². The van der Waals surface area contributed by atoms with Gasteiger partial charge in [0.2, 0.25) is 5.91 Å². The van der Waals surface area contributed by atoms with Crippen molar-refractivity contribution in [1.82, 2.24) is 5.43 Å². The topological polar surface area (TPSA) is 59.9 Å². The lowest BCUT2D eigenvalue weighted by molar-refractivity contribution is -0.120. The molecule has 4 rings (SSSR count). The number of hydrogen-bond acceptors (Lipinski definition) is 4. The van der Waals surface area contributed by atoms with E-state index in [1.54, 1.807) is 20.4 Å². The number of hydrogen-bond donors (Lipinski definition) is 1. The van der Waals surface area contributed by atoms with Crippen LogP contribution in [0.4, 0.5) is 0 Å². The van der Waals surface area contributed by atoms with Crippen molar-refractivity contribution in [3.05, 3.63) is 83.9 Å². The number of benzene rings is 4. The Hall–Kier alpha value is -3.86. The maximum absolute atomic E-state index is 12.5. The van der Waals surface area contributed by atoms with Gasteiger partial charge >= 0.3 is 0 Å². The van der Waals surface area contributed by atoms with Crippen LogP contribution in [0.1, 0.15) is 11.1 Å². The molecule has 0 radical (unpaired) electrons. The first kappa shape index (κ1) is 19.5. The summed E-state index contributed by atoms with van der Waals surface area (Å²) < 4.78 is 10.8. The minimum atomic E-state index is -0.181. The van der Waals surface area contributed by atoms with Crippen molar-refractivity contribution < 1.29 is 14.3 Å². The van der Waals surface area contributed by atoms with E-state index in [9.17, 15) is 4.79 Å². The Kier molecular flexibility index (Phi) is 5.61. The van der Waals surface area contributed by atoms with Crippen LogP contribution in [0.2, 0.25) is 0 Å². The number of hydrazone groups is 1. The molecular weight excluding hydrogens is 376 g/mol. The molecule has 0 saturated heterocycles. The van der Waals surface area contributed by atoms with Crippen LogP contribution in [-0.4, -0.2) is 26.3 Å². The third-order valence-corrected chi connectivity index (χ3v) is 5.06. The molecule has 30 heavy (non-hydrogen) atoms. The molecule has 0 bridgehead atoms. The molecule has 0 aliphatic carbocycles. The number of nitrogens with one attached hydrogen (secondary N) is 1. The SMILES string of the molecule is COc1ccc2ccc(OC)c(/C=N\NC(=O)Cc3cccc4ccccc34)c2c1. The fourth-order valence-corrected chi connectivity index (χ4v) is 3.57. The van der Waals surface area contributed by atoms with Crippen LogP contribution in [0.3, 0.4) is 0 Å². The number of methoxy groups -OCH3 is 2. The molecule has 4 aromatic rings. The molecule has 0 aliphatic rings. The van der Waals surface area contributed by atoms with E-state index in [-0.39, 0.29) is 12.3 Å². The highest BCUT2D eigenvalue weighted by molar-refractivity contribution is 6.03. The number of nitrogens with zero attached hydrogens (tertiary/aromatic N) is 1. The Bertz CT molecular complexity index is 1240. The molecular formula is C25H22N2O3. The van der Waals surface area contributed by atoms with E-state index in [4.69, 9.17) is 9.47 Å². The van der Waals surface area contributed by atoms with Crippen LogP contribution in [0.25, 0.3) is 21.5 Å². The van der Waals surface area contributed by atoms with Gasteiger partial charge in [-0.25, -0.2) is 5.43 Å². The van der Waals surface area contributed by atoms with Crippen molar-refractivity contribution in [1.29, 1.82) is 0 Å². The second kappa shape index (κ2) is 8.66. The van der Waals surface area contributed by atoms with Gasteiger partial charge in [0.15, 0.2) is 0 Å². The van der Waals surface area contributed by atoms with Gasteiger partial charge in [0.05, 0.1) is 26.9 Å². The molecule has 0 heterocycles. The third-order valence-electron chi connectivity index (χ3n) is 5.06. The van der Waals surface area contributed by atoms with E-state index in [2.05, 4.69) is 10.5 Å². The summed E-state index contributed by atoms with van der Waals surface area (Å²) in [5.74, 6) is 1.23. The summed E-state index contributed by atoms with van der Waals surface area (Å²) >= 11 is 0. The monoisotopic (exact) mass is 398 g/mol. The lowest BCUT2D eigenvalue weighted by Crippen LogP contribution is -2.20. The second-order valence-electron chi connectivity index (χ2n) is 6.88. The maximum Gasteiger partial charge on any atom is 0.244 e. The number of carbonyl (C=O) groups excluding carboxylic acids is 1. The first-order valence-electron chi connectivity index (χ1n) is 9.63. The minimum absolute atomic E-state index is 0.181. The number of fused-ring (bicyclic) bond motifs is 2. The Morgan fingerprint density at radius 2 is 1.67 bits per heavy atom. The summed E-state index contributed by atoms with van der Waals surface area (Å²) in [4.78, 5) is 12.5. The van der Waals surface area contributed by atoms with Crippen LogP contribution in [0.15, 0.2) is 77.9 Å². The van der Waals surface area contributed by atoms with E-state index in [1.165, 1.54) is 0 Å². The van der Waals surface area contributed by atoms with E-state index in [0.717, 1.165) is 38.4 Å². The summed E-state index contributed by atoms with van der Waals surface area (Å²) in [5.41, 5.74) is 4.38. The van der Waals surface area contributed by atoms with Crippen LogP contribution >= 0.6 is 0 Å². The molecule has 0 aliphatic heterocycles. The quantitative estimate of drug-likeness (QED) is 0.378. The number of amides is 1. The fourth-order valence-electron chi connectivity index (χ4n) is 3.57. The summed E-state index contributed by atoms with van der Waals surface area (Å²) in [6.45, 7) is 0. The lowest BCUT2D eigenvalue weighted by atomic mass is 10.0. The molecule has 0 unspecified atom stereocenters. The van der Waals surface area contributed by atoms with E-state index in [0.29, 0.717) is 5.75 Å². The van der Waals surface area contributed by atoms with Crippen molar-refractivity contribution in [3.63, 3.8) is 0 Å². The molecule has 0 spiro atoms. The van der Waals surface area contributed by atoms with Crippen LogP contribution < -0.4 is 14.9 Å². The molecule has 0 atom stereocenters. The summed E-state index contributed by atoms with van der Waals surface area (Å²) in [6.07, 6.45) is 1.86. The van der Waals surface area contributed by atoms with Gasteiger partial charge in [0, 0.05) is 5.56 Å². The largest absolute Gasteiger partial charge is 0.497 e. The van der Waals surface area contributed by atoms with E-state index >= 15 is 0 Å². The Morgan fingerprint density at radius 3 is 2.50 bits per heavy atom. The first-order valence-corrected chi connectivity index (χ1v) is 9.63. The highest BCUT2D eigenvalue weighted by Crippen LogP contribution is 2.29. The van der Waals surface area contributed by atoms with Crippen molar-refractivity contribution in [2.45, 2.75) is 6.42 Å². The van der Waals surface area contributed by atoms with Crippen LogP contribution in [-0.2, 0) is 11.2 Å². The maximum atomic E-state index is 12.5. The van der Waals surface area contributed by atoms with Crippen molar-refractivity contribution in [2.24, 2.45) is 5.10 Å². The van der Waals surface area contributed by atoms with Gasteiger partial charge in [0.25, 0.3) is 0 Å². The first-order chi connectivity index (χ1) is 14.7. The molecule has 5 heteroatoms. The highest BCUT2D eigenvalue weighted by Gasteiger charge is 2.09.